The van der Waals surface area contributed by atoms with Crippen molar-refractivity contribution < 1.29 is 13.9 Å². The van der Waals surface area contributed by atoms with Gasteiger partial charge in [0.05, 0.1) is 11.6 Å². The molecule has 0 spiro atoms. The molecule has 2 aromatic rings. The average molecular weight is 369 g/mol. The van der Waals surface area contributed by atoms with Crippen LogP contribution in [0.2, 0.25) is 0 Å². The first-order valence-electron chi connectivity index (χ1n) is 8.37. The highest BCUT2D eigenvalue weighted by Crippen LogP contribution is 2.38. The number of rotatable bonds is 6. The van der Waals surface area contributed by atoms with Crippen LogP contribution in [0.4, 0.5) is 9.18 Å². The number of thioether (sulfide) groups is 1. The number of amides is 1. The minimum atomic E-state index is -0.358. The third-order valence-electron chi connectivity index (χ3n) is 4.04. The van der Waals surface area contributed by atoms with Gasteiger partial charge in [-0.3, -0.25) is 4.90 Å². The molecule has 0 radical (unpaired) electrons. The fourth-order valence-electron chi connectivity index (χ4n) is 2.70. The first-order valence-corrected chi connectivity index (χ1v) is 9.19. The van der Waals surface area contributed by atoms with Gasteiger partial charge in [0.1, 0.15) is 12.4 Å². The monoisotopic (exact) mass is 369 g/mol. The Morgan fingerprint density at radius 2 is 1.92 bits per heavy atom. The second-order valence-electron chi connectivity index (χ2n) is 5.96. The van der Waals surface area contributed by atoms with Gasteiger partial charge in [-0.25, -0.2) is 9.18 Å². The molecule has 1 amide bonds. The van der Waals surface area contributed by atoms with Crippen molar-refractivity contribution in [3.8, 4) is 0 Å². The molecule has 0 atom stereocenters. The summed E-state index contributed by atoms with van der Waals surface area (Å²) in [6.07, 6.45) is 1.99. The lowest BCUT2D eigenvalue weighted by Crippen LogP contribution is -2.23. The van der Waals surface area contributed by atoms with Gasteiger partial charge < -0.3 is 4.74 Å². The molecule has 0 aliphatic carbocycles. The average Bonchev–Trinajstić information content (AvgIpc) is 3.06. The van der Waals surface area contributed by atoms with Crippen LogP contribution in [0.5, 0.6) is 0 Å². The summed E-state index contributed by atoms with van der Waals surface area (Å²) in [5.41, 5.74) is 2.95. The maximum absolute atomic E-state index is 13.4. The number of carbonyl (C=O) groups excluding carboxylic acids is 1. The number of allylic oxidation sites excluding steroid dienone is 2. The van der Waals surface area contributed by atoms with Crippen LogP contribution < -0.4 is 0 Å². The SMILES string of the molecule is C=CC/C(=C(\Sc1ccc(C)cc1)N1CCOC1=O)c1ccc(F)cc1. The lowest BCUT2D eigenvalue weighted by molar-refractivity contribution is 0.165. The Kier molecular flexibility index (Phi) is 5.78. The van der Waals surface area contributed by atoms with E-state index < -0.39 is 0 Å². The minimum Gasteiger partial charge on any atom is -0.447 e. The quantitative estimate of drug-likeness (QED) is 0.489. The Hall–Kier alpha value is -2.53. The summed E-state index contributed by atoms with van der Waals surface area (Å²) in [5.74, 6) is -0.292. The van der Waals surface area contributed by atoms with Crippen molar-refractivity contribution >= 4 is 23.4 Å². The van der Waals surface area contributed by atoms with Crippen molar-refractivity contribution in [2.45, 2.75) is 18.2 Å². The highest BCUT2D eigenvalue weighted by atomic mass is 32.2. The minimum absolute atomic E-state index is 0.292. The fraction of sp³-hybridized carbons (Fsp3) is 0.190. The molecule has 134 valence electrons. The van der Waals surface area contributed by atoms with Gasteiger partial charge in [0, 0.05) is 4.90 Å². The van der Waals surface area contributed by atoms with Crippen LogP contribution in [-0.4, -0.2) is 24.1 Å². The van der Waals surface area contributed by atoms with Crippen LogP contribution in [0, 0.1) is 12.7 Å². The number of hydrogen-bond donors (Lipinski definition) is 0. The van der Waals surface area contributed by atoms with Gasteiger partial charge in [-0.1, -0.05) is 47.7 Å². The van der Waals surface area contributed by atoms with E-state index in [1.165, 1.54) is 29.5 Å². The predicted octanol–water partition coefficient (Wildman–Crippen LogP) is 5.62. The molecule has 3 rings (SSSR count). The standard InChI is InChI=1S/C21H20FNO2S/c1-3-4-19(16-7-9-17(22)10-8-16)20(23-13-14-25-21(23)24)26-18-11-5-15(2)6-12-18/h3,5-12H,1,4,13-14H2,2H3/b20-19+. The highest BCUT2D eigenvalue weighted by molar-refractivity contribution is 8.03. The molecule has 0 aromatic heterocycles. The Labute approximate surface area is 157 Å². The molecule has 0 unspecified atom stereocenters. The molecule has 1 aliphatic heterocycles. The van der Waals surface area contributed by atoms with E-state index in [-0.39, 0.29) is 11.9 Å². The molecular formula is C21H20FNO2S. The number of halogens is 1. The van der Waals surface area contributed by atoms with E-state index in [9.17, 15) is 9.18 Å². The van der Waals surface area contributed by atoms with E-state index in [1.807, 2.05) is 31.2 Å². The molecule has 1 saturated heterocycles. The number of cyclic esters (lactones) is 1. The summed E-state index contributed by atoms with van der Waals surface area (Å²) in [6, 6.07) is 14.4. The Bertz CT molecular complexity index is 828. The van der Waals surface area contributed by atoms with E-state index in [4.69, 9.17) is 4.74 Å². The third kappa shape index (κ3) is 4.17. The first-order chi connectivity index (χ1) is 12.6. The Morgan fingerprint density at radius 3 is 2.50 bits per heavy atom. The summed E-state index contributed by atoms with van der Waals surface area (Å²) in [7, 11) is 0. The van der Waals surface area contributed by atoms with Crippen molar-refractivity contribution in [3.05, 3.63) is 83.2 Å². The van der Waals surface area contributed by atoms with E-state index >= 15 is 0 Å². The van der Waals surface area contributed by atoms with Crippen molar-refractivity contribution in [2.24, 2.45) is 0 Å². The zero-order valence-electron chi connectivity index (χ0n) is 14.6. The van der Waals surface area contributed by atoms with Crippen LogP contribution in [-0.2, 0) is 4.74 Å². The number of carbonyl (C=O) groups is 1. The van der Waals surface area contributed by atoms with Gasteiger partial charge in [0.15, 0.2) is 0 Å². The molecule has 0 saturated carbocycles. The summed E-state index contributed by atoms with van der Waals surface area (Å²) in [6.45, 7) is 6.73. The molecule has 3 nitrogen and oxygen atoms in total. The predicted molar refractivity (Wildman–Crippen MR) is 103 cm³/mol. The zero-order chi connectivity index (χ0) is 18.5. The maximum atomic E-state index is 13.4. The van der Waals surface area contributed by atoms with E-state index in [0.717, 1.165) is 21.1 Å². The Morgan fingerprint density at radius 1 is 1.23 bits per heavy atom. The van der Waals surface area contributed by atoms with Crippen LogP contribution in [0.1, 0.15) is 17.5 Å². The van der Waals surface area contributed by atoms with Gasteiger partial charge in [-0.2, -0.15) is 0 Å². The second-order valence-corrected chi connectivity index (χ2v) is 7.03. The van der Waals surface area contributed by atoms with Gasteiger partial charge in [-0.05, 0) is 48.7 Å². The normalized spacial score (nSPS) is 14.8. The third-order valence-corrected chi connectivity index (χ3v) is 5.21. The number of ether oxygens (including phenoxy) is 1. The van der Waals surface area contributed by atoms with E-state index in [2.05, 4.69) is 6.58 Å². The molecule has 1 aliphatic rings. The number of aryl methyl sites for hydroxylation is 1. The smallest absolute Gasteiger partial charge is 0.414 e. The first kappa shape index (κ1) is 18.3. The highest BCUT2D eigenvalue weighted by Gasteiger charge is 2.28. The number of nitrogens with zero attached hydrogens (tertiary/aromatic N) is 1. The van der Waals surface area contributed by atoms with Crippen molar-refractivity contribution in [3.63, 3.8) is 0 Å². The van der Waals surface area contributed by atoms with Crippen LogP contribution in [0.25, 0.3) is 5.57 Å². The summed E-state index contributed by atoms with van der Waals surface area (Å²) in [5, 5.41) is 0.794. The van der Waals surface area contributed by atoms with Gasteiger partial charge in [-0.15, -0.1) is 6.58 Å². The molecule has 2 aromatic carbocycles. The number of hydrogen-bond acceptors (Lipinski definition) is 3. The zero-order valence-corrected chi connectivity index (χ0v) is 15.4. The van der Waals surface area contributed by atoms with Crippen molar-refractivity contribution in [1.82, 2.24) is 4.90 Å². The molecule has 1 heterocycles. The van der Waals surface area contributed by atoms with E-state index in [1.54, 1.807) is 23.1 Å². The fourth-order valence-corrected chi connectivity index (χ4v) is 3.80. The molecule has 0 bridgehead atoms. The maximum Gasteiger partial charge on any atom is 0.414 e. The van der Waals surface area contributed by atoms with E-state index in [0.29, 0.717) is 19.6 Å². The lowest BCUT2D eigenvalue weighted by Gasteiger charge is -2.21. The van der Waals surface area contributed by atoms with Crippen LogP contribution >= 0.6 is 11.8 Å². The summed E-state index contributed by atoms with van der Waals surface area (Å²) >= 11 is 1.51. The molecule has 5 heteroatoms. The van der Waals surface area contributed by atoms with Gasteiger partial charge in [0.2, 0.25) is 0 Å². The number of benzene rings is 2. The lowest BCUT2D eigenvalue weighted by atomic mass is 10.0. The molecule has 26 heavy (non-hydrogen) atoms. The van der Waals surface area contributed by atoms with Crippen molar-refractivity contribution in [1.29, 1.82) is 0 Å². The van der Waals surface area contributed by atoms with Gasteiger partial charge in [0.25, 0.3) is 0 Å². The molecular weight excluding hydrogens is 349 g/mol. The largest absolute Gasteiger partial charge is 0.447 e. The summed E-state index contributed by atoms with van der Waals surface area (Å²) in [4.78, 5) is 14.9. The van der Waals surface area contributed by atoms with Gasteiger partial charge >= 0.3 is 6.09 Å². The molecule has 0 N–H and O–H groups in total. The second kappa shape index (κ2) is 8.23. The molecule has 1 fully saturated rings. The summed E-state index contributed by atoms with van der Waals surface area (Å²) < 4.78 is 18.5. The Balaban J connectivity index is 2.09. The van der Waals surface area contributed by atoms with Crippen molar-refractivity contribution in [2.75, 3.05) is 13.2 Å². The topological polar surface area (TPSA) is 29.5 Å². The van der Waals surface area contributed by atoms with Crippen LogP contribution in [0.3, 0.4) is 0 Å². The van der Waals surface area contributed by atoms with Crippen LogP contribution in [0.15, 0.2) is 71.1 Å².